The standard InChI is InChI=1S/C11H24NO15P3/c1-11(2,9(14)10(12)15)5-25-30(21,22)27-29(19,20)24-4-7-8(6(13)3-23-7)26-28(16,17)18/h6-9,13-14H,3-5H2,1-2H3,(H2,12,15)(H,19,20)(H,21,22)(H2,16,17,18)/t6-,7+,8-,9-/m1/s1. The number of amides is 1. The molecule has 1 saturated heterocycles. The SMILES string of the molecule is CC(C)(COP(=O)(O)OP(=O)(O)OC[C@@H]1OC[C@@H](O)[C@H]1OP(=O)(O)O)[C@H](O)C(N)=O. The van der Waals surface area contributed by atoms with E-state index >= 15 is 0 Å². The highest BCUT2D eigenvalue weighted by atomic mass is 31.3. The van der Waals surface area contributed by atoms with Gasteiger partial charge >= 0.3 is 23.5 Å². The van der Waals surface area contributed by atoms with Crippen LogP contribution in [0.15, 0.2) is 0 Å². The third-order valence-electron chi connectivity index (χ3n) is 3.70. The molecular weight excluding hydrogens is 479 g/mol. The number of phosphoric ester groups is 3. The molecule has 2 unspecified atom stereocenters. The van der Waals surface area contributed by atoms with Crippen molar-refractivity contribution >= 4 is 29.4 Å². The first-order valence-electron chi connectivity index (χ1n) is 8.02. The first-order chi connectivity index (χ1) is 13.4. The second-order valence-corrected chi connectivity index (χ2v) is 11.1. The number of rotatable bonds is 12. The Kier molecular flexibility index (Phi) is 9.35. The highest BCUT2D eigenvalue weighted by Crippen LogP contribution is 2.61. The molecule has 0 aromatic carbocycles. The molecule has 30 heavy (non-hydrogen) atoms. The normalized spacial score (nSPS) is 27.9. The zero-order valence-corrected chi connectivity index (χ0v) is 18.4. The molecule has 1 aliphatic rings. The van der Waals surface area contributed by atoms with Crippen molar-refractivity contribution in [1.29, 1.82) is 0 Å². The monoisotopic (exact) mass is 503 g/mol. The number of carbonyl (C=O) groups excluding carboxylic acids is 1. The second kappa shape index (κ2) is 10.1. The number of aliphatic hydroxyl groups excluding tert-OH is 2. The van der Waals surface area contributed by atoms with Gasteiger partial charge in [0.05, 0.1) is 19.8 Å². The number of carbonyl (C=O) groups is 1. The number of ether oxygens (including phenoxy) is 1. The maximum absolute atomic E-state index is 11.9. The minimum absolute atomic E-state index is 0.436. The van der Waals surface area contributed by atoms with Crippen molar-refractivity contribution in [3.8, 4) is 0 Å². The van der Waals surface area contributed by atoms with E-state index in [1.165, 1.54) is 13.8 Å². The third kappa shape index (κ3) is 9.07. The van der Waals surface area contributed by atoms with Gasteiger partial charge in [-0.3, -0.25) is 18.4 Å². The van der Waals surface area contributed by atoms with Crippen LogP contribution in [-0.4, -0.2) is 79.9 Å². The van der Waals surface area contributed by atoms with Crippen molar-refractivity contribution in [2.75, 3.05) is 19.8 Å². The van der Waals surface area contributed by atoms with Gasteiger partial charge in [0, 0.05) is 5.41 Å². The molecule has 0 aromatic rings. The quantitative estimate of drug-likeness (QED) is 0.147. The second-order valence-electron chi connectivity index (χ2n) is 6.88. The van der Waals surface area contributed by atoms with Gasteiger partial charge in [0.15, 0.2) is 0 Å². The summed E-state index contributed by atoms with van der Waals surface area (Å²) in [4.78, 5) is 47.8. The Balaban J connectivity index is 2.67. The van der Waals surface area contributed by atoms with Gasteiger partial charge in [-0.1, -0.05) is 13.8 Å². The molecule has 0 aliphatic carbocycles. The average Bonchev–Trinajstić information content (AvgIpc) is 2.88. The Morgan fingerprint density at radius 1 is 1.17 bits per heavy atom. The van der Waals surface area contributed by atoms with Gasteiger partial charge in [0.1, 0.15) is 24.4 Å². The van der Waals surface area contributed by atoms with Gasteiger partial charge in [-0.2, -0.15) is 4.31 Å². The summed E-state index contributed by atoms with van der Waals surface area (Å²) < 4.78 is 56.9. The van der Waals surface area contributed by atoms with Crippen LogP contribution in [0.5, 0.6) is 0 Å². The summed E-state index contributed by atoms with van der Waals surface area (Å²) in [6, 6.07) is 0. The summed E-state index contributed by atoms with van der Waals surface area (Å²) in [5, 5.41) is 19.2. The van der Waals surface area contributed by atoms with Gasteiger partial charge < -0.3 is 40.3 Å². The van der Waals surface area contributed by atoms with Crippen molar-refractivity contribution < 1.29 is 70.9 Å². The highest BCUT2D eigenvalue weighted by molar-refractivity contribution is 7.61. The fourth-order valence-electron chi connectivity index (χ4n) is 2.16. The topological polar surface area (TPSA) is 262 Å². The maximum atomic E-state index is 11.9. The lowest BCUT2D eigenvalue weighted by atomic mass is 9.87. The Hall–Kier alpha value is -0.280. The minimum atomic E-state index is -5.29. The fourth-order valence-corrected chi connectivity index (χ4v) is 5.00. The number of nitrogens with two attached hydrogens (primary N) is 1. The van der Waals surface area contributed by atoms with E-state index in [2.05, 4.69) is 17.9 Å². The summed E-state index contributed by atoms with van der Waals surface area (Å²) in [5.74, 6) is -1.14. The van der Waals surface area contributed by atoms with Gasteiger partial charge in [0.25, 0.3) is 0 Å². The van der Waals surface area contributed by atoms with Crippen molar-refractivity contribution in [3.05, 3.63) is 0 Å². The number of phosphoric acid groups is 3. The van der Waals surface area contributed by atoms with Gasteiger partial charge in [-0.05, 0) is 0 Å². The largest absolute Gasteiger partial charge is 0.481 e. The van der Waals surface area contributed by atoms with E-state index in [4.69, 9.17) is 20.3 Å². The molecule has 1 fully saturated rings. The molecular formula is C11H24NO15P3. The van der Waals surface area contributed by atoms with Crippen LogP contribution in [0.25, 0.3) is 0 Å². The van der Waals surface area contributed by atoms with Crippen molar-refractivity contribution in [1.82, 2.24) is 0 Å². The summed E-state index contributed by atoms with van der Waals surface area (Å²) in [5.41, 5.74) is 3.46. The van der Waals surface area contributed by atoms with E-state index in [1.807, 2.05) is 0 Å². The minimum Gasteiger partial charge on any atom is -0.388 e. The van der Waals surface area contributed by atoms with Gasteiger partial charge in [0.2, 0.25) is 5.91 Å². The molecule has 6 atom stereocenters. The van der Waals surface area contributed by atoms with Gasteiger partial charge in [-0.15, -0.1) is 0 Å². The number of aliphatic hydroxyl groups is 2. The summed E-state index contributed by atoms with van der Waals surface area (Å²) in [7, 11) is -15.6. The van der Waals surface area contributed by atoms with E-state index in [0.717, 1.165) is 0 Å². The first-order valence-corrected chi connectivity index (χ1v) is 12.5. The molecule has 1 amide bonds. The maximum Gasteiger partial charge on any atom is 0.481 e. The summed E-state index contributed by atoms with van der Waals surface area (Å²) >= 11 is 0. The van der Waals surface area contributed by atoms with E-state index in [1.54, 1.807) is 0 Å². The lowest BCUT2D eigenvalue weighted by Crippen LogP contribution is -2.43. The molecule has 1 aliphatic heterocycles. The molecule has 1 heterocycles. The van der Waals surface area contributed by atoms with Crippen molar-refractivity contribution in [3.63, 3.8) is 0 Å². The van der Waals surface area contributed by atoms with Crippen molar-refractivity contribution in [2.45, 2.75) is 38.3 Å². The first kappa shape index (κ1) is 27.8. The molecule has 0 radical (unpaired) electrons. The zero-order chi connectivity index (χ0) is 23.5. The molecule has 178 valence electrons. The fraction of sp³-hybridized carbons (Fsp3) is 0.909. The van der Waals surface area contributed by atoms with Crippen LogP contribution in [0.2, 0.25) is 0 Å². The smallest absolute Gasteiger partial charge is 0.388 e. The number of hydrogen-bond donors (Lipinski definition) is 7. The van der Waals surface area contributed by atoms with Crippen molar-refractivity contribution in [2.24, 2.45) is 11.1 Å². The van der Waals surface area contributed by atoms with Crippen LogP contribution < -0.4 is 5.73 Å². The molecule has 8 N–H and O–H groups in total. The molecule has 0 aromatic heterocycles. The highest BCUT2D eigenvalue weighted by Gasteiger charge is 2.44. The molecule has 1 rings (SSSR count). The summed E-state index contributed by atoms with van der Waals surface area (Å²) in [6.45, 7) is 0.347. The van der Waals surface area contributed by atoms with E-state index < -0.39 is 79.0 Å². The van der Waals surface area contributed by atoms with Crippen LogP contribution >= 0.6 is 23.5 Å². The van der Waals surface area contributed by atoms with Crippen LogP contribution in [-0.2, 0) is 41.1 Å². The number of primary amides is 1. The summed E-state index contributed by atoms with van der Waals surface area (Å²) in [6.07, 6.45) is -6.32. The molecule has 0 bridgehead atoms. The van der Waals surface area contributed by atoms with Crippen LogP contribution in [0, 0.1) is 5.41 Å². The Morgan fingerprint density at radius 3 is 2.20 bits per heavy atom. The predicted molar refractivity (Wildman–Crippen MR) is 94.3 cm³/mol. The lowest BCUT2D eigenvalue weighted by molar-refractivity contribution is -0.133. The zero-order valence-electron chi connectivity index (χ0n) is 15.7. The number of hydrogen-bond acceptors (Lipinski definition) is 11. The molecule has 0 saturated carbocycles. The third-order valence-corrected chi connectivity index (χ3v) is 6.80. The van der Waals surface area contributed by atoms with E-state index in [-0.39, 0.29) is 0 Å². The predicted octanol–water partition coefficient (Wildman–Crippen LogP) is -1.65. The Labute approximate surface area is 170 Å². The van der Waals surface area contributed by atoms with E-state index in [9.17, 15) is 38.5 Å². The average molecular weight is 503 g/mol. The lowest BCUT2D eigenvalue weighted by Gasteiger charge is -2.28. The van der Waals surface area contributed by atoms with Crippen LogP contribution in [0.4, 0.5) is 0 Å². The molecule has 16 nitrogen and oxygen atoms in total. The molecule has 19 heteroatoms. The Morgan fingerprint density at radius 2 is 1.70 bits per heavy atom. The van der Waals surface area contributed by atoms with Gasteiger partial charge in [-0.25, -0.2) is 13.7 Å². The Bertz CT molecular complexity index is 752. The van der Waals surface area contributed by atoms with E-state index in [0.29, 0.717) is 0 Å². The van der Waals surface area contributed by atoms with Crippen LogP contribution in [0.3, 0.4) is 0 Å². The van der Waals surface area contributed by atoms with Crippen LogP contribution in [0.1, 0.15) is 13.8 Å². The molecule has 0 spiro atoms.